The van der Waals surface area contributed by atoms with Crippen LogP contribution in [0.15, 0.2) is 12.1 Å². The number of aromatic nitrogens is 1. The average molecular weight is 232 g/mol. The number of benzene rings is 1. The second-order valence-electron chi connectivity index (χ2n) is 4.27. The number of pyridine rings is 1. The third-order valence-electron chi connectivity index (χ3n) is 3.16. The molecule has 2 aromatic rings. The Morgan fingerprint density at radius 1 is 1.29 bits per heavy atom. The first-order valence-corrected chi connectivity index (χ1v) is 5.85. The highest BCUT2D eigenvalue weighted by Gasteiger charge is 2.12. The molecule has 1 N–H and O–H groups in total. The Balaban J connectivity index is 2.93. The maximum Gasteiger partial charge on any atom is 0.124 e. The Hall–Kier alpha value is -1.64. The smallest absolute Gasteiger partial charge is 0.124 e. The Kier molecular flexibility index (Phi) is 3.01. The largest absolute Gasteiger partial charge is 0.387 e. The first-order chi connectivity index (χ1) is 8.08. The highest BCUT2D eigenvalue weighted by Crippen LogP contribution is 2.30. The molecule has 0 saturated carbocycles. The molecule has 1 aromatic heterocycles. The van der Waals surface area contributed by atoms with Gasteiger partial charge in [0.15, 0.2) is 0 Å². The first kappa shape index (κ1) is 11.8. The van der Waals surface area contributed by atoms with E-state index in [-0.39, 0.29) is 5.82 Å². The van der Waals surface area contributed by atoms with Crippen LogP contribution in [0, 0.1) is 19.7 Å². The zero-order chi connectivity index (χ0) is 12.6. The maximum absolute atomic E-state index is 13.5. The number of hydrogen-bond acceptors (Lipinski definition) is 2. The van der Waals surface area contributed by atoms with Crippen LogP contribution < -0.4 is 5.32 Å². The fraction of sp³-hybridized carbons (Fsp3) is 0.357. The molecule has 0 aliphatic carbocycles. The summed E-state index contributed by atoms with van der Waals surface area (Å²) in [5, 5.41) is 4.05. The van der Waals surface area contributed by atoms with Gasteiger partial charge in [-0.15, -0.1) is 0 Å². The van der Waals surface area contributed by atoms with Gasteiger partial charge in [0.1, 0.15) is 5.82 Å². The van der Waals surface area contributed by atoms with Gasteiger partial charge in [-0.05, 0) is 43.5 Å². The van der Waals surface area contributed by atoms with Crippen molar-refractivity contribution in [3.05, 3.63) is 34.8 Å². The van der Waals surface area contributed by atoms with Crippen LogP contribution in [0.5, 0.6) is 0 Å². The van der Waals surface area contributed by atoms with Crippen LogP contribution in [0.2, 0.25) is 0 Å². The number of hydrogen-bond donors (Lipinski definition) is 1. The minimum atomic E-state index is -0.209. The molecule has 0 radical (unpaired) electrons. The van der Waals surface area contributed by atoms with Gasteiger partial charge in [0, 0.05) is 23.8 Å². The van der Waals surface area contributed by atoms with Crippen molar-refractivity contribution in [1.82, 2.24) is 4.98 Å². The van der Waals surface area contributed by atoms with Crippen molar-refractivity contribution in [2.75, 3.05) is 12.4 Å². The van der Waals surface area contributed by atoms with E-state index in [1.165, 1.54) is 6.07 Å². The van der Waals surface area contributed by atoms with Crippen molar-refractivity contribution >= 4 is 16.6 Å². The van der Waals surface area contributed by atoms with Crippen molar-refractivity contribution in [3.63, 3.8) is 0 Å². The normalized spacial score (nSPS) is 10.9. The van der Waals surface area contributed by atoms with Gasteiger partial charge >= 0.3 is 0 Å². The molecule has 2 nitrogen and oxygen atoms in total. The van der Waals surface area contributed by atoms with Crippen LogP contribution in [0.1, 0.15) is 23.7 Å². The lowest BCUT2D eigenvalue weighted by atomic mass is 10.0. The van der Waals surface area contributed by atoms with Crippen LogP contribution in [0.4, 0.5) is 10.1 Å². The van der Waals surface area contributed by atoms with E-state index in [0.717, 1.165) is 39.8 Å². The van der Waals surface area contributed by atoms with Crippen molar-refractivity contribution in [1.29, 1.82) is 0 Å². The summed E-state index contributed by atoms with van der Waals surface area (Å²) in [6.45, 7) is 5.98. The minimum Gasteiger partial charge on any atom is -0.387 e. The summed E-state index contributed by atoms with van der Waals surface area (Å²) in [5.41, 5.74) is 4.93. The van der Waals surface area contributed by atoms with E-state index in [0.29, 0.717) is 0 Å². The van der Waals surface area contributed by atoms with E-state index in [9.17, 15) is 4.39 Å². The van der Waals surface area contributed by atoms with Gasteiger partial charge in [0.25, 0.3) is 0 Å². The number of nitrogens with one attached hydrogen (secondary N) is 1. The van der Waals surface area contributed by atoms with Gasteiger partial charge in [0.05, 0.1) is 5.52 Å². The topological polar surface area (TPSA) is 24.9 Å². The predicted octanol–water partition coefficient (Wildman–Crippen LogP) is 3.59. The lowest BCUT2D eigenvalue weighted by molar-refractivity contribution is 0.628. The Morgan fingerprint density at radius 2 is 2.00 bits per heavy atom. The van der Waals surface area contributed by atoms with Gasteiger partial charge in [0.2, 0.25) is 0 Å². The standard InChI is InChI=1S/C14H17FN2/c1-5-11-9(3)17-13-8(2)6-10(15)7-12(13)14(11)16-4/h6-7H,5H2,1-4H3,(H,16,17). The van der Waals surface area contributed by atoms with Gasteiger partial charge in [-0.1, -0.05) is 6.92 Å². The molecule has 2 rings (SSSR count). The molecule has 0 bridgehead atoms. The van der Waals surface area contributed by atoms with Crippen molar-refractivity contribution in [2.45, 2.75) is 27.2 Å². The fourth-order valence-electron chi connectivity index (χ4n) is 2.37. The Morgan fingerprint density at radius 3 is 2.59 bits per heavy atom. The molecule has 0 amide bonds. The average Bonchev–Trinajstić information content (AvgIpc) is 2.28. The number of rotatable bonds is 2. The first-order valence-electron chi connectivity index (χ1n) is 5.85. The molecule has 0 saturated heterocycles. The lowest BCUT2D eigenvalue weighted by Gasteiger charge is -2.15. The Labute approximate surface area is 101 Å². The van der Waals surface area contributed by atoms with E-state index in [1.54, 1.807) is 6.07 Å². The third-order valence-corrected chi connectivity index (χ3v) is 3.16. The number of anilines is 1. The van der Waals surface area contributed by atoms with Crippen LogP contribution in [-0.2, 0) is 6.42 Å². The van der Waals surface area contributed by atoms with Crippen LogP contribution in [0.25, 0.3) is 10.9 Å². The third kappa shape index (κ3) is 1.86. The number of aryl methyl sites for hydroxylation is 2. The zero-order valence-corrected chi connectivity index (χ0v) is 10.7. The van der Waals surface area contributed by atoms with Gasteiger partial charge in [-0.25, -0.2) is 4.39 Å². The molecule has 0 atom stereocenters. The molecular weight excluding hydrogens is 215 g/mol. The van der Waals surface area contributed by atoms with E-state index in [4.69, 9.17) is 0 Å². The summed E-state index contributed by atoms with van der Waals surface area (Å²) >= 11 is 0. The van der Waals surface area contributed by atoms with Crippen LogP contribution in [-0.4, -0.2) is 12.0 Å². The molecule has 0 aliphatic heterocycles. The van der Waals surface area contributed by atoms with Gasteiger partial charge in [-0.3, -0.25) is 4.98 Å². The van der Waals surface area contributed by atoms with E-state index >= 15 is 0 Å². The summed E-state index contributed by atoms with van der Waals surface area (Å²) < 4.78 is 13.5. The van der Waals surface area contributed by atoms with Crippen molar-refractivity contribution < 1.29 is 4.39 Å². The van der Waals surface area contributed by atoms with Gasteiger partial charge < -0.3 is 5.32 Å². The molecule has 1 heterocycles. The maximum atomic E-state index is 13.5. The molecular formula is C14H17FN2. The van der Waals surface area contributed by atoms with Gasteiger partial charge in [-0.2, -0.15) is 0 Å². The monoisotopic (exact) mass is 232 g/mol. The zero-order valence-electron chi connectivity index (χ0n) is 10.7. The predicted molar refractivity (Wildman–Crippen MR) is 70.1 cm³/mol. The quantitative estimate of drug-likeness (QED) is 0.855. The number of fused-ring (bicyclic) bond motifs is 1. The molecule has 17 heavy (non-hydrogen) atoms. The minimum absolute atomic E-state index is 0.209. The second-order valence-corrected chi connectivity index (χ2v) is 4.27. The van der Waals surface area contributed by atoms with Crippen LogP contribution in [0.3, 0.4) is 0 Å². The molecule has 1 aromatic carbocycles. The molecule has 0 fully saturated rings. The number of halogens is 1. The summed E-state index contributed by atoms with van der Waals surface area (Å²) in [4.78, 5) is 4.59. The number of nitrogens with zero attached hydrogens (tertiary/aromatic N) is 1. The highest BCUT2D eigenvalue weighted by molar-refractivity contribution is 5.95. The van der Waals surface area contributed by atoms with E-state index in [2.05, 4.69) is 17.2 Å². The SMILES string of the molecule is CCc1c(C)nc2c(C)cc(F)cc2c1NC. The Bertz CT molecular complexity index is 576. The molecule has 0 aliphatic rings. The van der Waals surface area contributed by atoms with Crippen LogP contribution >= 0.6 is 0 Å². The highest BCUT2D eigenvalue weighted by atomic mass is 19.1. The van der Waals surface area contributed by atoms with Crippen molar-refractivity contribution in [2.24, 2.45) is 0 Å². The molecule has 0 spiro atoms. The summed E-state index contributed by atoms with van der Waals surface area (Å²) in [5.74, 6) is -0.209. The van der Waals surface area contributed by atoms with E-state index < -0.39 is 0 Å². The second kappa shape index (κ2) is 4.32. The van der Waals surface area contributed by atoms with Crippen molar-refractivity contribution in [3.8, 4) is 0 Å². The molecule has 90 valence electrons. The molecule has 0 unspecified atom stereocenters. The molecule has 3 heteroatoms. The summed E-state index contributed by atoms with van der Waals surface area (Å²) in [6, 6.07) is 3.08. The fourth-order valence-corrected chi connectivity index (χ4v) is 2.37. The van der Waals surface area contributed by atoms with E-state index in [1.807, 2.05) is 20.9 Å². The summed E-state index contributed by atoms with van der Waals surface area (Å²) in [7, 11) is 1.87. The lowest BCUT2D eigenvalue weighted by Crippen LogP contribution is -2.02. The summed E-state index contributed by atoms with van der Waals surface area (Å²) in [6.07, 6.45) is 0.889.